The standard InChI is InChI=1S/2C14H16O4/c2*1-4-17-14(15)13-12(16-3)9(2)10-7-5-6-8-11(10)18-13/h2*5-8,12-13H,2,4H2,1,3H3/t12-,13-;/m0./s1. The highest BCUT2D eigenvalue weighted by molar-refractivity contribution is 5.85. The summed E-state index contributed by atoms with van der Waals surface area (Å²) in [6.07, 6.45) is -2.62. The minimum absolute atomic E-state index is 0.309. The number of rotatable bonds is 6. The van der Waals surface area contributed by atoms with Crippen LogP contribution in [0, 0.1) is 0 Å². The van der Waals surface area contributed by atoms with Gasteiger partial charge in [0.2, 0.25) is 12.2 Å². The zero-order valence-electron chi connectivity index (χ0n) is 21.0. The highest BCUT2D eigenvalue weighted by Crippen LogP contribution is 2.37. The number of hydrogen-bond donors (Lipinski definition) is 0. The van der Waals surface area contributed by atoms with E-state index >= 15 is 0 Å². The van der Waals surface area contributed by atoms with Gasteiger partial charge in [-0.3, -0.25) is 0 Å². The summed E-state index contributed by atoms with van der Waals surface area (Å²) in [6.45, 7) is 12.1. The van der Waals surface area contributed by atoms with Crippen LogP contribution in [0.1, 0.15) is 25.0 Å². The average molecular weight is 497 g/mol. The summed E-state index contributed by atoms with van der Waals surface area (Å²) in [5.41, 5.74) is 3.20. The van der Waals surface area contributed by atoms with Crippen molar-refractivity contribution in [1.29, 1.82) is 0 Å². The van der Waals surface area contributed by atoms with Crippen molar-refractivity contribution in [3.8, 4) is 11.5 Å². The molecule has 0 N–H and O–H groups in total. The zero-order chi connectivity index (χ0) is 26.2. The third-order valence-corrected chi connectivity index (χ3v) is 5.76. The molecule has 2 aromatic carbocycles. The van der Waals surface area contributed by atoms with Crippen LogP contribution in [0.15, 0.2) is 61.7 Å². The van der Waals surface area contributed by atoms with Gasteiger partial charge in [0.1, 0.15) is 23.7 Å². The van der Waals surface area contributed by atoms with Gasteiger partial charge in [-0.1, -0.05) is 49.6 Å². The van der Waals surface area contributed by atoms with Gasteiger partial charge in [0.15, 0.2) is 0 Å². The van der Waals surface area contributed by atoms with Gasteiger partial charge < -0.3 is 28.4 Å². The molecule has 36 heavy (non-hydrogen) atoms. The monoisotopic (exact) mass is 496 g/mol. The van der Waals surface area contributed by atoms with Gasteiger partial charge in [0.25, 0.3) is 0 Å². The van der Waals surface area contributed by atoms with E-state index < -0.39 is 36.4 Å². The molecular formula is C28H32O8. The predicted molar refractivity (Wildman–Crippen MR) is 135 cm³/mol. The molecule has 0 aliphatic carbocycles. The molecule has 4 rings (SSSR count). The Kier molecular flexibility index (Phi) is 9.27. The number of carbonyl (C=O) groups excluding carboxylic acids is 2. The summed E-state index contributed by atoms with van der Waals surface area (Å²) in [5, 5.41) is 0. The van der Waals surface area contributed by atoms with Crippen molar-refractivity contribution >= 4 is 23.1 Å². The molecule has 0 aromatic heterocycles. The predicted octanol–water partition coefficient (Wildman–Crippen LogP) is 4.08. The molecule has 4 atom stereocenters. The van der Waals surface area contributed by atoms with Crippen LogP contribution >= 0.6 is 0 Å². The smallest absolute Gasteiger partial charge is 0.350 e. The first kappa shape index (κ1) is 27.0. The number of benzene rings is 2. The van der Waals surface area contributed by atoms with Crippen LogP contribution in [0.4, 0.5) is 0 Å². The first-order valence-electron chi connectivity index (χ1n) is 11.7. The molecule has 8 heteroatoms. The number of esters is 2. The fourth-order valence-electron chi connectivity index (χ4n) is 4.06. The minimum atomic E-state index is -0.794. The molecule has 2 aliphatic heterocycles. The topological polar surface area (TPSA) is 89.5 Å². The SMILES string of the molecule is C=C1c2ccccc2OC(C(=O)OCC)C1OC.C=C1c2ccccc2O[C@H](C(=O)OCC)[C@H]1OC. The van der Waals surface area contributed by atoms with E-state index in [9.17, 15) is 9.59 Å². The molecule has 2 unspecified atom stereocenters. The Morgan fingerprint density at radius 1 is 0.722 bits per heavy atom. The molecule has 0 saturated carbocycles. The molecule has 0 spiro atoms. The van der Waals surface area contributed by atoms with Crippen LogP contribution in [-0.4, -0.2) is 63.8 Å². The first-order chi connectivity index (χ1) is 17.4. The molecule has 0 radical (unpaired) electrons. The van der Waals surface area contributed by atoms with Crippen molar-refractivity contribution in [3.63, 3.8) is 0 Å². The summed E-state index contributed by atoms with van der Waals surface area (Å²) >= 11 is 0. The van der Waals surface area contributed by atoms with Crippen molar-refractivity contribution < 1.29 is 38.0 Å². The molecule has 0 amide bonds. The summed E-state index contributed by atoms with van der Waals surface area (Å²) in [7, 11) is 3.05. The van der Waals surface area contributed by atoms with Gasteiger partial charge in [0.05, 0.1) is 13.2 Å². The van der Waals surface area contributed by atoms with Crippen molar-refractivity contribution in [3.05, 3.63) is 72.8 Å². The molecule has 8 nitrogen and oxygen atoms in total. The fraction of sp³-hybridized carbons (Fsp3) is 0.357. The van der Waals surface area contributed by atoms with Crippen LogP contribution in [0.2, 0.25) is 0 Å². The quantitative estimate of drug-likeness (QED) is 0.553. The average Bonchev–Trinajstić information content (AvgIpc) is 2.89. The molecule has 0 fully saturated rings. The Morgan fingerprint density at radius 2 is 1.08 bits per heavy atom. The number of carbonyl (C=O) groups is 2. The Morgan fingerprint density at radius 3 is 1.42 bits per heavy atom. The summed E-state index contributed by atoms with van der Waals surface area (Å²) < 4.78 is 31.9. The Hall–Kier alpha value is -3.62. The highest BCUT2D eigenvalue weighted by atomic mass is 16.6. The van der Waals surface area contributed by atoms with Crippen LogP contribution in [0.3, 0.4) is 0 Å². The van der Waals surface area contributed by atoms with Crippen molar-refractivity contribution in [2.24, 2.45) is 0 Å². The van der Waals surface area contributed by atoms with Gasteiger partial charge in [-0.25, -0.2) is 9.59 Å². The van der Waals surface area contributed by atoms with Crippen LogP contribution in [-0.2, 0) is 28.5 Å². The third-order valence-electron chi connectivity index (χ3n) is 5.76. The van der Waals surface area contributed by atoms with E-state index in [0.29, 0.717) is 24.7 Å². The molecule has 2 aromatic rings. The summed E-state index contributed by atoms with van der Waals surface area (Å²) in [5.74, 6) is 0.405. The lowest BCUT2D eigenvalue weighted by Gasteiger charge is -2.32. The van der Waals surface area contributed by atoms with Gasteiger partial charge in [0, 0.05) is 25.3 Å². The van der Waals surface area contributed by atoms with E-state index in [1.165, 1.54) is 14.2 Å². The van der Waals surface area contributed by atoms with Crippen LogP contribution in [0.25, 0.3) is 11.1 Å². The van der Waals surface area contributed by atoms with Crippen molar-refractivity contribution in [2.75, 3.05) is 27.4 Å². The van der Waals surface area contributed by atoms with E-state index in [-0.39, 0.29) is 0 Å². The number of methoxy groups -OCH3 is 2. The lowest BCUT2D eigenvalue weighted by Crippen LogP contribution is -2.44. The highest BCUT2D eigenvalue weighted by Gasteiger charge is 2.40. The molecule has 192 valence electrons. The second kappa shape index (κ2) is 12.4. The molecule has 2 heterocycles. The number of para-hydroxylation sites is 2. The van der Waals surface area contributed by atoms with E-state index in [1.807, 2.05) is 36.4 Å². The van der Waals surface area contributed by atoms with Gasteiger partial charge >= 0.3 is 11.9 Å². The minimum Gasteiger partial charge on any atom is -0.475 e. The molecule has 2 aliphatic rings. The second-order valence-electron chi connectivity index (χ2n) is 7.94. The largest absolute Gasteiger partial charge is 0.475 e. The summed E-state index contributed by atoms with van der Waals surface area (Å²) in [6, 6.07) is 14.9. The van der Waals surface area contributed by atoms with Crippen molar-refractivity contribution in [2.45, 2.75) is 38.3 Å². The second-order valence-corrected chi connectivity index (χ2v) is 7.94. The number of ether oxygens (including phenoxy) is 6. The normalized spacial score (nSPS) is 22.0. The fourth-order valence-corrected chi connectivity index (χ4v) is 4.06. The van der Waals surface area contributed by atoms with Crippen LogP contribution < -0.4 is 9.47 Å². The molecule has 0 bridgehead atoms. The third kappa shape index (κ3) is 5.61. The van der Waals surface area contributed by atoms with Gasteiger partial charge in [-0.05, 0) is 37.1 Å². The maximum absolute atomic E-state index is 11.9. The molecular weight excluding hydrogens is 464 g/mol. The van der Waals surface area contributed by atoms with E-state index in [2.05, 4.69) is 13.2 Å². The number of fused-ring (bicyclic) bond motifs is 2. The lowest BCUT2D eigenvalue weighted by molar-refractivity contribution is -0.157. The summed E-state index contributed by atoms with van der Waals surface area (Å²) in [4.78, 5) is 23.7. The lowest BCUT2D eigenvalue weighted by atomic mass is 9.94. The van der Waals surface area contributed by atoms with E-state index in [0.717, 1.165) is 22.3 Å². The Bertz CT molecular complexity index is 1020. The molecule has 0 saturated heterocycles. The van der Waals surface area contributed by atoms with Crippen LogP contribution in [0.5, 0.6) is 11.5 Å². The maximum Gasteiger partial charge on any atom is 0.350 e. The Balaban J connectivity index is 0.000000201. The van der Waals surface area contributed by atoms with Gasteiger partial charge in [-0.15, -0.1) is 0 Å². The Labute approximate surface area is 211 Å². The van der Waals surface area contributed by atoms with Crippen molar-refractivity contribution in [1.82, 2.24) is 0 Å². The maximum atomic E-state index is 11.9. The zero-order valence-corrected chi connectivity index (χ0v) is 21.0. The van der Waals surface area contributed by atoms with E-state index in [1.54, 1.807) is 26.0 Å². The first-order valence-corrected chi connectivity index (χ1v) is 11.7. The van der Waals surface area contributed by atoms with Gasteiger partial charge in [-0.2, -0.15) is 0 Å². The number of hydrogen-bond acceptors (Lipinski definition) is 8. The van der Waals surface area contributed by atoms with E-state index in [4.69, 9.17) is 28.4 Å².